The van der Waals surface area contributed by atoms with Gasteiger partial charge in [-0.25, -0.2) is 4.79 Å². The maximum absolute atomic E-state index is 10.1. The predicted molar refractivity (Wildman–Crippen MR) is 46.5 cm³/mol. The molecule has 0 aromatic rings. The minimum atomic E-state index is -0.736. The largest absolute Gasteiger partial charge is 0.448 e. The number of primary amides is 1. The maximum Gasteiger partial charge on any atom is 0.404 e. The molecule has 0 heterocycles. The van der Waals surface area contributed by atoms with Gasteiger partial charge in [-0.2, -0.15) is 0 Å². The first-order chi connectivity index (χ1) is 5.77. The molecule has 0 atom stereocenters. The summed E-state index contributed by atoms with van der Waals surface area (Å²) in [7, 11) is 0. The molecule has 0 rings (SSSR count). The van der Waals surface area contributed by atoms with Crippen molar-refractivity contribution in [2.75, 3.05) is 19.7 Å². The fourth-order valence-electron chi connectivity index (χ4n) is 0.664. The fourth-order valence-corrected chi connectivity index (χ4v) is 0.664. The van der Waals surface area contributed by atoms with Crippen LogP contribution in [0.15, 0.2) is 0 Å². The van der Waals surface area contributed by atoms with Gasteiger partial charge in [-0.1, -0.05) is 0 Å². The molecule has 0 radical (unpaired) electrons. The molecule has 4 nitrogen and oxygen atoms in total. The lowest BCUT2D eigenvalue weighted by Gasteiger charge is -2.02. The van der Waals surface area contributed by atoms with Crippen LogP contribution in [0.5, 0.6) is 0 Å². The van der Waals surface area contributed by atoms with Gasteiger partial charge in [0.25, 0.3) is 0 Å². The Labute approximate surface area is 72.5 Å². The van der Waals surface area contributed by atoms with Crippen LogP contribution in [0.3, 0.4) is 0 Å². The molecule has 3 N–H and O–H groups in total. The highest BCUT2D eigenvalue weighted by molar-refractivity contribution is 5.64. The molecule has 0 fully saturated rings. The first-order valence-corrected chi connectivity index (χ1v) is 3.83. The van der Waals surface area contributed by atoms with Gasteiger partial charge in [0.05, 0.1) is 0 Å². The minimum Gasteiger partial charge on any atom is -0.448 e. The van der Waals surface area contributed by atoms with E-state index in [1.807, 2.05) is 0 Å². The van der Waals surface area contributed by atoms with Crippen molar-refractivity contribution in [1.29, 1.82) is 0 Å². The molecule has 0 aromatic heterocycles. The normalized spacial score (nSPS) is 8.92. The lowest BCUT2D eigenvalue weighted by atomic mass is 10.3. The summed E-state index contributed by atoms with van der Waals surface area (Å²) in [6, 6.07) is 0. The Morgan fingerprint density at radius 3 is 2.92 bits per heavy atom. The smallest absolute Gasteiger partial charge is 0.404 e. The second-order valence-corrected chi connectivity index (χ2v) is 2.23. The number of amides is 1. The molecule has 0 saturated carbocycles. The van der Waals surface area contributed by atoms with Gasteiger partial charge in [0.15, 0.2) is 0 Å². The van der Waals surface area contributed by atoms with Crippen molar-refractivity contribution in [3.63, 3.8) is 0 Å². The van der Waals surface area contributed by atoms with E-state index in [1.54, 1.807) is 0 Å². The highest BCUT2D eigenvalue weighted by atomic mass is 16.5. The van der Waals surface area contributed by atoms with Crippen molar-refractivity contribution in [3.8, 4) is 12.3 Å². The van der Waals surface area contributed by atoms with Gasteiger partial charge in [-0.05, 0) is 13.0 Å². The van der Waals surface area contributed by atoms with Gasteiger partial charge in [-0.15, -0.1) is 12.3 Å². The third kappa shape index (κ3) is 8.79. The third-order valence-corrected chi connectivity index (χ3v) is 1.20. The number of ether oxygens (including phenoxy) is 1. The highest BCUT2D eigenvalue weighted by Gasteiger charge is 1.91. The summed E-state index contributed by atoms with van der Waals surface area (Å²) in [4.78, 5) is 10.1. The van der Waals surface area contributed by atoms with Gasteiger partial charge >= 0.3 is 6.09 Å². The molecule has 12 heavy (non-hydrogen) atoms. The zero-order valence-electron chi connectivity index (χ0n) is 7.01. The lowest BCUT2D eigenvalue weighted by Crippen LogP contribution is -2.24. The molecule has 0 spiro atoms. The van der Waals surface area contributed by atoms with Crippen LogP contribution in [0, 0.1) is 12.3 Å². The topological polar surface area (TPSA) is 64.3 Å². The second-order valence-electron chi connectivity index (χ2n) is 2.23. The van der Waals surface area contributed by atoms with Gasteiger partial charge < -0.3 is 15.8 Å². The van der Waals surface area contributed by atoms with Gasteiger partial charge in [-0.3, -0.25) is 0 Å². The van der Waals surface area contributed by atoms with E-state index in [0.717, 1.165) is 19.4 Å². The Morgan fingerprint density at radius 1 is 1.58 bits per heavy atom. The third-order valence-electron chi connectivity index (χ3n) is 1.20. The molecular formula is C8H14N2O2. The SMILES string of the molecule is C#CCCCNCCOC(N)=O. The van der Waals surface area contributed by atoms with Crippen LogP contribution in [0.25, 0.3) is 0 Å². The molecule has 0 unspecified atom stereocenters. The standard InChI is InChI=1S/C8H14N2O2/c1-2-3-4-5-10-6-7-12-8(9)11/h1,10H,3-7H2,(H2,9,11). The Bertz CT molecular complexity index is 163. The van der Waals surface area contributed by atoms with Crippen LogP contribution >= 0.6 is 0 Å². The molecule has 1 amide bonds. The number of carbonyl (C=O) groups is 1. The van der Waals surface area contributed by atoms with Crippen molar-refractivity contribution in [1.82, 2.24) is 5.32 Å². The van der Waals surface area contributed by atoms with E-state index < -0.39 is 6.09 Å². The van der Waals surface area contributed by atoms with E-state index in [-0.39, 0.29) is 0 Å². The average Bonchev–Trinajstić information content (AvgIpc) is 2.02. The number of terminal acetylenes is 1. The number of rotatable bonds is 6. The summed E-state index contributed by atoms with van der Waals surface area (Å²) >= 11 is 0. The lowest BCUT2D eigenvalue weighted by molar-refractivity contribution is 0.157. The van der Waals surface area contributed by atoms with Crippen LogP contribution in [0.4, 0.5) is 4.79 Å². The minimum absolute atomic E-state index is 0.311. The van der Waals surface area contributed by atoms with E-state index >= 15 is 0 Å². The first kappa shape index (κ1) is 10.8. The van der Waals surface area contributed by atoms with E-state index in [0.29, 0.717) is 13.2 Å². The summed E-state index contributed by atoms with van der Waals surface area (Å²) in [5, 5.41) is 3.05. The molecule has 0 aromatic carbocycles. The van der Waals surface area contributed by atoms with Crippen LogP contribution in [0.1, 0.15) is 12.8 Å². The average molecular weight is 170 g/mol. The van der Waals surface area contributed by atoms with Gasteiger partial charge in [0, 0.05) is 13.0 Å². The fraction of sp³-hybridized carbons (Fsp3) is 0.625. The van der Waals surface area contributed by atoms with E-state index in [4.69, 9.17) is 12.2 Å². The number of nitrogens with two attached hydrogens (primary N) is 1. The Morgan fingerprint density at radius 2 is 2.33 bits per heavy atom. The highest BCUT2D eigenvalue weighted by Crippen LogP contribution is 1.82. The molecule has 0 bridgehead atoms. The van der Waals surface area contributed by atoms with Crippen LogP contribution in [0.2, 0.25) is 0 Å². The molecule has 0 aliphatic rings. The van der Waals surface area contributed by atoms with E-state index in [9.17, 15) is 4.79 Å². The van der Waals surface area contributed by atoms with Gasteiger partial charge in [0.2, 0.25) is 0 Å². The van der Waals surface area contributed by atoms with Crippen LogP contribution in [-0.2, 0) is 4.74 Å². The molecule has 0 aliphatic carbocycles. The van der Waals surface area contributed by atoms with Crippen LogP contribution < -0.4 is 11.1 Å². The molecular weight excluding hydrogens is 156 g/mol. The van der Waals surface area contributed by atoms with Crippen molar-refractivity contribution < 1.29 is 9.53 Å². The number of carbonyl (C=O) groups excluding carboxylic acids is 1. The number of nitrogens with one attached hydrogen (secondary N) is 1. The summed E-state index contributed by atoms with van der Waals surface area (Å²) in [5.74, 6) is 2.53. The van der Waals surface area contributed by atoms with Crippen molar-refractivity contribution in [2.45, 2.75) is 12.8 Å². The molecule has 68 valence electrons. The van der Waals surface area contributed by atoms with Crippen molar-refractivity contribution >= 4 is 6.09 Å². The van der Waals surface area contributed by atoms with Crippen LogP contribution in [-0.4, -0.2) is 25.8 Å². The quantitative estimate of drug-likeness (QED) is 0.438. The summed E-state index contributed by atoms with van der Waals surface area (Å²) in [6.45, 7) is 1.77. The van der Waals surface area contributed by atoms with Crippen molar-refractivity contribution in [2.24, 2.45) is 5.73 Å². The molecule has 4 heteroatoms. The van der Waals surface area contributed by atoms with E-state index in [2.05, 4.69) is 16.0 Å². The second kappa shape index (κ2) is 7.89. The number of unbranched alkanes of at least 4 members (excludes halogenated alkanes) is 1. The summed E-state index contributed by atoms with van der Waals surface area (Å²) in [6.07, 6.45) is 6.01. The zero-order chi connectivity index (χ0) is 9.23. The Kier molecular flexibility index (Phi) is 7.10. The molecule has 0 saturated heterocycles. The van der Waals surface area contributed by atoms with E-state index in [1.165, 1.54) is 0 Å². The molecule has 0 aliphatic heterocycles. The Balaban J connectivity index is 2.92. The number of hydrogen-bond acceptors (Lipinski definition) is 3. The number of hydrogen-bond donors (Lipinski definition) is 2. The van der Waals surface area contributed by atoms with Crippen molar-refractivity contribution in [3.05, 3.63) is 0 Å². The zero-order valence-corrected chi connectivity index (χ0v) is 7.01. The first-order valence-electron chi connectivity index (χ1n) is 3.83. The monoisotopic (exact) mass is 170 g/mol. The summed E-state index contributed by atoms with van der Waals surface area (Å²) in [5.41, 5.74) is 4.74. The Hall–Kier alpha value is -1.21. The maximum atomic E-state index is 10.1. The summed E-state index contributed by atoms with van der Waals surface area (Å²) < 4.78 is 4.48. The van der Waals surface area contributed by atoms with Gasteiger partial charge in [0.1, 0.15) is 6.61 Å². The predicted octanol–water partition coefficient (Wildman–Crippen LogP) is 0.0847.